The van der Waals surface area contributed by atoms with Gasteiger partial charge < -0.3 is 9.83 Å². The molecule has 0 radical (unpaired) electrons. The Morgan fingerprint density at radius 2 is 1.86 bits per heavy atom. The third kappa shape index (κ3) is 4.32. The Morgan fingerprint density at radius 3 is 2.48 bits per heavy atom. The Morgan fingerprint density at radius 1 is 1.19 bits per heavy atom. The molecule has 1 aromatic heterocycles. The van der Waals surface area contributed by atoms with Crippen LogP contribution in [0.15, 0.2) is 24.3 Å². The molecule has 0 bridgehead atoms. The van der Waals surface area contributed by atoms with Gasteiger partial charge in [0.2, 0.25) is 0 Å². The second kappa shape index (κ2) is 7.10. The van der Waals surface area contributed by atoms with Crippen LogP contribution < -0.4 is 4.72 Å². The predicted molar refractivity (Wildman–Crippen MR) is 87.0 cm³/mol. The maximum absolute atomic E-state index is 9.72. The second-order valence-electron chi connectivity index (χ2n) is 3.97. The van der Waals surface area contributed by atoms with Gasteiger partial charge in [-0.1, -0.05) is 34.8 Å². The van der Waals surface area contributed by atoms with Crippen molar-refractivity contribution in [3.63, 3.8) is 0 Å². The Hall–Kier alpha value is -1.32. The number of halogens is 3. The molecule has 0 amide bonds. The molecule has 2 aromatic rings. The van der Waals surface area contributed by atoms with E-state index >= 15 is 0 Å². The third-order valence-corrected chi connectivity index (χ3v) is 3.93. The lowest BCUT2D eigenvalue weighted by Gasteiger charge is -2.08. The summed E-state index contributed by atoms with van der Waals surface area (Å²) >= 11 is 18.9. The number of aromatic hydroxyl groups is 1. The van der Waals surface area contributed by atoms with Crippen LogP contribution in [0.4, 0.5) is 5.82 Å². The normalized spacial score (nSPS) is 10.2. The van der Waals surface area contributed by atoms with Crippen molar-refractivity contribution in [2.45, 2.75) is 5.75 Å². The van der Waals surface area contributed by atoms with Crippen molar-refractivity contribution >= 4 is 52.6 Å². The first-order valence-corrected chi connectivity index (χ1v) is 7.74. The van der Waals surface area contributed by atoms with Crippen LogP contribution in [-0.2, 0) is 5.75 Å². The van der Waals surface area contributed by atoms with Crippen LogP contribution >= 0.6 is 46.8 Å². The lowest BCUT2D eigenvalue weighted by molar-refractivity contribution is 0.476. The van der Waals surface area contributed by atoms with Gasteiger partial charge in [0.1, 0.15) is 6.07 Å². The fourth-order valence-electron chi connectivity index (χ4n) is 1.51. The van der Waals surface area contributed by atoms with Crippen LogP contribution in [0.25, 0.3) is 0 Å². The van der Waals surface area contributed by atoms with Gasteiger partial charge in [-0.15, -0.1) is 0 Å². The molecule has 0 unspecified atom stereocenters. The van der Waals surface area contributed by atoms with E-state index in [1.807, 2.05) is 6.07 Å². The smallest absolute Gasteiger partial charge is 0.179 e. The van der Waals surface area contributed by atoms with Gasteiger partial charge >= 0.3 is 0 Å². The summed E-state index contributed by atoms with van der Waals surface area (Å²) in [7, 11) is 0. The van der Waals surface area contributed by atoms with Crippen molar-refractivity contribution in [1.82, 2.24) is 4.98 Å². The summed E-state index contributed by atoms with van der Waals surface area (Å²) in [6.45, 7) is 0. The number of nitriles is 1. The van der Waals surface area contributed by atoms with E-state index < -0.39 is 0 Å². The highest BCUT2D eigenvalue weighted by atomic mass is 35.5. The topological polar surface area (TPSA) is 68.9 Å². The first-order valence-electron chi connectivity index (χ1n) is 5.62. The minimum absolute atomic E-state index is 0.0448. The molecule has 0 saturated carbocycles. The highest BCUT2D eigenvalue weighted by molar-refractivity contribution is 7.99. The Labute approximate surface area is 140 Å². The van der Waals surface area contributed by atoms with Crippen molar-refractivity contribution in [2.24, 2.45) is 0 Å². The van der Waals surface area contributed by atoms with Crippen molar-refractivity contribution in [3.8, 4) is 11.8 Å². The summed E-state index contributed by atoms with van der Waals surface area (Å²) in [6.07, 6.45) is 0. The molecule has 21 heavy (non-hydrogen) atoms. The van der Waals surface area contributed by atoms with Crippen LogP contribution in [0.1, 0.15) is 11.3 Å². The number of aromatic nitrogens is 1. The lowest BCUT2D eigenvalue weighted by Crippen LogP contribution is -1.95. The molecule has 2 N–H and O–H groups in total. The van der Waals surface area contributed by atoms with E-state index in [0.29, 0.717) is 15.8 Å². The van der Waals surface area contributed by atoms with Gasteiger partial charge in [0.05, 0.1) is 5.02 Å². The number of hydrogen-bond donors (Lipinski definition) is 2. The lowest BCUT2D eigenvalue weighted by atomic mass is 10.2. The number of pyridine rings is 1. The number of anilines is 1. The molecular formula is C13H8Cl3N3OS. The molecule has 1 heterocycles. The van der Waals surface area contributed by atoms with Crippen LogP contribution in [-0.4, -0.2) is 10.1 Å². The Bertz CT molecular complexity index is 698. The molecule has 4 nitrogen and oxygen atoms in total. The monoisotopic (exact) mass is 359 g/mol. The molecule has 2 rings (SSSR count). The van der Waals surface area contributed by atoms with Gasteiger partial charge in [0.15, 0.2) is 17.3 Å². The van der Waals surface area contributed by atoms with E-state index in [4.69, 9.17) is 40.1 Å². The minimum Gasteiger partial charge on any atom is -0.504 e. The highest BCUT2D eigenvalue weighted by Gasteiger charge is 2.09. The summed E-state index contributed by atoms with van der Waals surface area (Å²) in [5.41, 5.74) is 0.960. The van der Waals surface area contributed by atoms with E-state index in [9.17, 15) is 5.11 Å². The zero-order valence-electron chi connectivity index (χ0n) is 10.4. The number of nitrogens with one attached hydrogen (secondary N) is 1. The van der Waals surface area contributed by atoms with Crippen molar-refractivity contribution in [1.29, 1.82) is 5.26 Å². The largest absolute Gasteiger partial charge is 0.504 e. The third-order valence-electron chi connectivity index (χ3n) is 2.39. The summed E-state index contributed by atoms with van der Waals surface area (Å²) in [5.74, 6) is 0.594. The van der Waals surface area contributed by atoms with Gasteiger partial charge in [-0.25, -0.2) is 4.98 Å². The highest BCUT2D eigenvalue weighted by Crippen LogP contribution is 2.29. The maximum atomic E-state index is 9.72. The predicted octanol–water partition coefficient (Wildman–Crippen LogP) is 4.88. The number of rotatable bonds is 4. The second-order valence-corrected chi connectivity index (χ2v) is 6.03. The van der Waals surface area contributed by atoms with Gasteiger partial charge in [0, 0.05) is 21.9 Å². The van der Waals surface area contributed by atoms with Crippen LogP contribution in [0.3, 0.4) is 0 Å². The van der Waals surface area contributed by atoms with E-state index in [0.717, 1.165) is 5.56 Å². The van der Waals surface area contributed by atoms with Crippen LogP contribution in [0.5, 0.6) is 5.75 Å². The van der Waals surface area contributed by atoms with Gasteiger partial charge in [-0.05, 0) is 35.7 Å². The average Bonchev–Trinajstić information content (AvgIpc) is 2.40. The average molecular weight is 361 g/mol. The summed E-state index contributed by atoms with van der Waals surface area (Å²) in [6, 6.07) is 8.35. The van der Waals surface area contributed by atoms with Crippen molar-refractivity contribution in [2.75, 3.05) is 4.72 Å². The fraction of sp³-hybridized carbons (Fsp3) is 0.0769. The Balaban J connectivity index is 2.05. The minimum atomic E-state index is -0.129. The van der Waals surface area contributed by atoms with E-state index in [-0.39, 0.29) is 22.3 Å². The molecule has 1 aromatic carbocycles. The summed E-state index contributed by atoms with van der Waals surface area (Å²) < 4.78 is 2.86. The summed E-state index contributed by atoms with van der Waals surface area (Å²) in [5, 5.41) is 19.8. The molecular weight excluding hydrogens is 353 g/mol. The van der Waals surface area contributed by atoms with Crippen LogP contribution in [0.2, 0.25) is 15.1 Å². The summed E-state index contributed by atoms with van der Waals surface area (Å²) in [4.78, 5) is 3.93. The molecule has 0 atom stereocenters. The molecule has 0 aliphatic rings. The fourth-order valence-corrected chi connectivity index (χ4v) is 2.97. The van der Waals surface area contributed by atoms with Gasteiger partial charge in [-0.3, -0.25) is 0 Å². The number of hydrogen-bond acceptors (Lipinski definition) is 5. The number of benzene rings is 1. The van der Waals surface area contributed by atoms with Crippen molar-refractivity contribution < 1.29 is 5.11 Å². The standard InChI is InChI=1S/C13H8Cl3N3OS/c14-8-1-7(2-9(15)3-8)6-21-19-13-12(20)4-10(16)11(5-17)18-13/h1-4,20H,6H2,(H,18,19). The quantitative estimate of drug-likeness (QED) is 0.761. The molecule has 0 saturated heterocycles. The van der Waals surface area contributed by atoms with Crippen LogP contribution in [0, 0.1) is 11.3 Å². The van der Waals surface area contributed by atoms with Gasteiger partial charge in [-0.2, -0.15) is 5.26 Å². The zero-order chi connectivity index (χ0) is 15.4. The van der Waals surface area contributed by atoms with E-state index in [2.05, 4.69) is 9.71 Å². The first-order chi connectivity index (χ1) is 9.99. The maximum Gasteiger partial charge on any atom is 0.179 e. The van der Waals surface area contributed by atoms with E-state index in [1.54, 1.807) is 18.2 Å². The number of nitrogens with zero attached hydrogens (tertiary/aromatic N) is 2. The molecule has 0 fully saturated rings. The molecule has 0 spiro atoms. The molecule has 108 valence electrons. The molecule has 0 aliphatic carbocycles. The first kappa shape index (κ1) is 16.1. The SMILES string of the molecule is N#Cc1nc(NSCc2cc(Cl)cc(Cl)c2)c(O)cc1Cl. The van der Waals surface area contributed by atoms with Gasteiger partial charge in [0.25, 0.3) is 0 Å². The molecule has 8 heteroatoms. The molecule has 0 aliphatic heterocycles. The van der Waals surface area contributed by atoms with E-state index in [1.165, 1.54) is 18.0 Å². The van der Waals surface area contributed by atoms with Crippen molar-refractivity contribution in [3.05, 3.63) is 50.6 Å². The zero-order valence-corrected chi connectivity index (χ0v) is 13.5. The Kier molecular flexibility index (Phi) is 5.43.